The SMILES string of the molecule is C=CC(=C)OC1CNCC1O. The molecule has 1 aliphatic heterocycles. The molecule has 0 spiro atoms. The highest BCUT2D eigenvalue weighted by Gasteiger charge is 2.26. The van der Waals surface area contributed by atoms with Gasteiger partial charge in [-0.05, 0) is 6.08 Å². The Kier molecular flexibility index (Phi) is 2.68. The lowest BCUT2D eigenvalue weighted by atomic mass is 10.2. The van der Waals surface area contributed by atoms with Gasteiger partial charge in [0.05, 0.1) is 0 Å². The van der Waals surface area contributed by atoms with Crippen LogP contribution in [0.5, 0.6) is 0 Å². The van der Waals surface area contributed by atoms with E-state index >= 15 is 0 Å². The third-order valence-electron chi connectivity index (χ3n) is 1.66. The molecule has 0 aromatic rings. The highest BCUT2D eigenvalue weighted by atomic mass is 16.5. The van der Waals surface area contributed by atoms with Crippen LogP contribution in [0.4, 0.5) is 0 Å². The molecule has 3 heteroatoms. The van der Waals surface area contributed by atoms with Crippen molar-refractivity contribution in [1.82, 2.24) is 5.32 Å². The van der Waals surface area contributed by atoms with Crippen LogP contribution in [0.2, 0.25) is 0 Å². The summed E-state index contributed by atoms with van der Waals surface area (Å²) in [6.07, 6.45) is 0.942. The van der Waals surface area contributed by atoms with Crippen LogP contribution in [-0.4, -0.2) is 30.4 Å². The maximum atomic E-state index is 9.27. The molecule has 3 nitrogen and oxygen atoms in total. The number of aliphatic hydroxyl groups excluding tert-OH is 1. The van der Waals surface area contributed by atoms with E-state index < -0.39 is 6.10 Å². The van der Waals surface area contributed by atoms with Crippen LogP contribution in [0.25, 0.3) is 0 Å². The number of β-amino-alcohol motifs (C(OH)–C–C–N with tert-alkyl or cyclic N) is 1. The minimum atomic E-state index is -0.424. The molecule has 1 saturated heterocycles. The van der Waals surface area contributed by atoms with E-state index in [4.69, 9.17) is 4.74 Å². The summed E-state index contributed by atoms with van der Waals surface area (Å²) in [5.74, 6) is 0.512. The maximum Gasteiger partial charge on any atom is 0.138 e. The Morgan fingerprint density at radius 2 is 2.36 bits per heavy atom. The van der Waals surface area contributed by atoms with Crippen molar-refractivity contribution in [3.63, 3.8) is 0 Å². The Morgan fingerprint density at radius 1 is 1.64 bits per heavy atom. The summed E-state index contributed by atoms with van der Waals surface area (Å²) in [5.41, 5.74) is 0. The molecule has 0 amide bonds. The van der Waals surface area contributed by atoms with Gasteiger partial charge >= 0.3 is 0 Å². The zero-order valence-corrected chi connectivity index (χ0v) is 6.42. The van der Waals surface area contributed by atoms with Crippen molar-refractivity contribution < 1.29 is 9.84 Å². The molecule has 0 aliphatic carbocycles. The first-order valence-electron chi connectivity index (χ1n) is 3.61. The Bertz CT molecular complexity index is 167. The van der Waals surface area contributed by atoms with E-state index in [-0.39, 0.29) is 6.10 Å². The molecule has 1 heterocycles. The zero-order chi connectivity index (χ0) is 8.27. The summed E-state index contributed by atoms with van der Waals surface area (Å²) in [4.78, 5) is 0. The van der Waals surface area contributed by atoms with Crippen LogP contribution in [0.3, 0.4) is 0 Å². The van der Waals surface area contributed by atoms with Gasteiger partial charge in [-0.1, -0.05) is 13.2 Å². The van der Waals surface area contributed by atoms with Gasteiger partial charge < -0.3 is 15.2 Å². The second-order valence-electron chi connectivity index (χ2n) is 2.55. The molecular formula is C8H13NO2. The average Bonchev–Trinajstić information content (AvgIpc) is 2.37. The Morgan fingerprint density at radius 3 is 2.82 bits per heavy atom. The monoisotopic (exact) mass is 155 g/mol. The minimum Gasteiger partial charge on any atom is -0.487 e. The molecule has 0 radical (unpaired) electrons. The second kappa shape index (κ2) is 3.55. The molecule has 1 rings (SSSR count). The molecule has 62 valence electrons. The normalized spacial score (nSPS) is 29.9. The first-order valence-corrected chi connectivity index (χ1v) is 3.61. The summed E-state index contributed by atoms with van der Waals surface area (Å²) in [6, 6.07) is 0. The van der Waals surface area contributed by atoms with Crippen molar-refractivity contribution in [2.24, 2.45) is 0 Å². The second-order valence-corrected chi connectivity index (χ2v) is 2.55. The Balaban J connectivity index is 2.36. The van der Waals surface area contributed by atoms with Crippen LogP contribution in [0.15, 0.2) is 25.0 Å². The molecule has 0 aromatic heterocycles. The molecule has 11 heavy (non-hydrogen) atoms. The molecule has 0 bridgehead atoms. The van der Waals surface area contributed by atoms with Crippen molar-refractivity contribution >= 4 is 0 Å². The van der Waals surface area contributed by atoms with Crippen molar-refractivity contribution in [2.75, 3.05) is 13.1 Å². The lowest BCUT2D eigenvalue weighted by molar-refractivity contribution is 0.0351. The molecule has 0 saturated carbocycles. The van der Waals surface area contributed by atoms with Crippen LogP contribution < -0.4 is 5.32 Å². The van der Waals surface area contributed by atoms with E-state index in [0.717, 1.165) is 0 Å². The maximum absolute atomic E-state index is 9.27. The van der Waals surface area contributed by atoms with E-state index in [1.807, 2.05) is 0 Å². The average molecular weight is 155 g/mol. The van der Waals surface area contributed by atoms with Crippen LogP contribution >= 0.6 is 0 Å². The molecule has 1 aliphatic rings. The van der Waals surface area contributed by atoms with Crippen LogP contribution in [0, 0.1) is 0 Å². The molecule has 0 aromatic carbocycles. The highest BCUT2D eigenvalue weighted by Crippen LogP contribution is 2.08. The third-order valence-corrected chi connectivity index (χ3v) is 1.66. The number of hydrogen-bond acceptors (Lipinski definition) is 3. The standard InChI is InChI=1S/C8H13NO2/c1-3-6(2)11-8-5-9-4-7(8)10/h3,7-10H,1-2,4-5H2. The fourth-order valence-corrected chi connectivity index (χ4v) is 1.00. The molecular weight excluding hydrogens is 142 g/mol. The molecule has 2 N–H and O–H groups in total. The summed E-state index contributed by atoms with van der Waals surface area (Å²) in [6.45, 7) is 8.36. The van der Waals surface area contributed by atoms with Crippen molar-refractivity contribution in [3.05, 3.63) is 25.0 Å². The fraction of sp³-hybridized carbons (Fsp3) is 0.500. The number of ether oxygens (including phenoxy) is 1. The number of aliphatic hydroxyl groups is 1. The Labute approximate surface area is 66.4 Å². The summed E-state index contributed by atoms with van der Waals surface area (Å²) in [7, 11) is 0. The first-order chi connectivity index (χ1) is 5.24. The van der Waals surface area contributed by atoms with E-state index in [0.29, 0.717) is 18.8 Å². The summed E-state index contributed by atoms with van der Waals surface area (Å²) >= 11 is 0. The van der Waals surface area contributed by atoms with Crippen molar-refractivity contribution in [3.8, 4) is 0 Å². The van der Waals surface area contributed by atoms with Crippen molar-refractivity contribution in [1.29, 1.82) is 0 Å². The van der Waals surface area contributed by atoms with Gasteiger partial charge in [0.1, 0.15) is 18.0 Å². The van der Waals surface area contributed by atoms with Gasteiger partial charge in [0.25, 0.3) is 0 Å². The van der Waals surface area contributed by atoms with Gasteiger partial charge in [-0.25, -0.2) is 0 Å². The zero-order valence-electron chi connectivity index (χ0n) is 6.42. The third kappa shape index (κ3) is 2.06. The van der Waals surface area contributed by atoms with E-state index in [9.17, 15) is 5.11 Å². The largest absolute Gasteiger partial charge is 0.487 e. The first kappa shape index (κ1) is 8.30. The predicted octanol–water partition coefficient (Wildman–Crippen LogP) is 0.0354. The van der Waals surface area contributed by atoms with Gasteiger partial charge in [0, 0.05) is 13.1 Å². The van der Waals surface area contributed by atoms with E-state index in [1.54, 1.807) is 0 Å². The minimum absolute atomic E-state index is 0.166. The van der Waals surface area contributed by atoms with Gasteiger partial charge in [-0.2, -0.15) is 0 Å². The predicted molar refractivity (Wildman–Crippen MR) is 43.1 cm³/mol. The van der Waals surface area contributed by atoms with Crippen LogP contribution in [-0.2, 0) is 4.74 Å². The number of allylic oxidation sites excluding steroid dienone is 1. The molecule has 1 fully saturated rings. The van der Waals surface area contributed by atoms with Gasteiger partial charge in [0.2, 0.25) is 0 Å². The van der Waals surface area contributed by atoms with E-state index in [2.05, 4.69) is 18.5 Å². The summed E-state index contributed by atoms with van der Waals surface area (Å²) < 4.78 is 5.25. The summed E-state index contributed by atoms with van der Waals surface area (Å²) in [5, 5.41) is 12.3. The fourth-order valence-electron chi connectivity index (χ4n) is 1.00. The quantitative estimate of drug-likeness (QED) is 0.446. The van der Waals surface area contributed by atoms with Gasteiger partial charge in [0.15, 0.2) is 0 Å². The van der Waals surface area contributed by atoms with Crippen molar-refractivity contribution in [2.45, 2.75) is 12.2 Å². The highest BCUT2D eigenvalue weighted by molar-refractivity contribution is 5.03. The lowest BCUT2D eigenvalue weighted by Crippen LogP contribution is -2.26. The number of nitrogens with one attached hydrogen (secondary N) is 1. The van der Waals surface area contributed by atoms with E-state index in [1.165, 1.54) is 6.08 Å². The Hall–Kier alpha value is -0.800. The molecule has 2 unspecified atom stereocenters. The van der Waals surface area contributed by atoms with Crippen LogP contribution in [0.1, 0.15) is 0 Å². The van der Waals surface area contributed by atoms with Gasteiger partial charge in [-0.3, -0.25) is 0 Å². The smallest absolute Gasteiger partial charge is 0.138 e. The topological polar surface area (TPSA) is 41.5 Å². The molecule has 2 atom stereocenters. The van der Waals surface area contributed by atoms with Gasteiger partial charge in [-0.15, -0.1) is 0 Å². The lowest BCUT2D eigenvalue weighted by Gasteiger charge is -2.15. The number of rotatable bonds is 3. The number of hydrogen-bond donors (Lipinski definition) is 2.